The molecule has 0 atom stereocenters. The molecule has 1 heterocycles. The van der Waals surface area contributed by atoms with Crippen molar-refractivity contribution < 1.29 is 13.2 Å². The zero-order valence-electron chi connectivity index (χ0n) is 15.1. The van der Waals surface area contributed by atoms with Crippen molar-refractivity contribution in [2.45, 2.75) is 25.7 Å². The van der Waals surface area contributed by atoms with Crippen LogP contribution in [0.4, 0.5) is 10.8 Å². The van der Waals surface area contributed by atoms with Crippen molar-refractivity contribution in [2.24, 2.45) is 0 Å². The van der Waals surface area contributed by atoms with Crippen molar-refractivity contribution >= 4 is 38.1 Å². The van der Waals surface area contributed by atoms with Crippen LogP contribution < -0.4 is 10.0 Å². The molecule has 0 saturated carbocycles. The van der Waals surface area contributed by atoms with E-state index in [1.165, 1.54) is 12.1 Å². The molecule has 140 valence electrons. The molecule has 0 saturated heterocycles. The Morgan fingerprint density at radius 2 is 1.67 bits per heavy atom. The minimum Gasteiger partial charge on any atom is -0.321 e. The summed E-state index contributed by atoms with van der Waals surface area (Å²) >= 11 is 1.00. The second kappa shape index (κ2) is 7.50. The Labute approximate surface area is 162 Å². The van der Waals surface area contributed by atoms with Crippen molar-refractivity contribution in [1.82, 2.24) is 4.98 Å². The summed E-state index contributed by atoms with van der Waals surface area (Å²) in [5.41, 5.74) is 3.08. The van der Waals surface area contributed by atoms with E-state index in [4.69, 9.17) is 0 Å². The van der Waals surface area contributed by atoms with Gasteiger partial charge < -0.3 is 5.32 Å². The number of hydrogen-bond donors (Lipinski definition) is 2. The first-order valence-electron chi connectivity index (χ1n) is 8.20. The summed E-state index contributed by atoms with van der Waals surface area (Å²) in [4.78, 5) is 17.3. The van der Waals surface area contributed by atoms with Crippen LogP contribution in [0.2, 0.25) is 0 Å². The van der Waals surface area contributed by atoms with Gasteiger partial charge in [0.05, 0.1) is 10.6 Å². The Morgan fingerprint density at radius 3 is 2.33 bits per heavy atom. The first-order valence-corrected chi connectivity index (χ1v) is 10.5. The number of hydrogen-bond acceptors (Lipinski definition) is 5. The molecule has 0 radical (unpaired) electrons. The van der Waals surface area contributed by atoms with Crippen LogP contribution in [0.3, 0.4) is 0 Å². The lowest BCUT2D eigenvalue weighted by molar-refractivity contribution is 0.102. The molecule has 27 heavy (non-hydrogen) atoms. The van der Waals surface area contributed by atoms with Gasteiger partial charge in [0.1, 0.15) is 4.88 Å². The van der Waals surface area contributed by atoms with Gasteiger partial charge in [-0.3, -0.25) is 9.52 Å². The molecule has 0 unspecified atom stereocenters. The number of amides is 1. The van der Waals surface area contributed by atoms with Gasteiger partial charge in [-0.15, -0.1) is 0 Å². The molecular weight excluding hydrogens is 382 g/mol. The summed E-state index contributed by atoms with van der Waals surface area (Å²) < 4.78 is 27.4. The first-order chi connectivity index (χ1) is 12.8. The monoisotopic (exact) mass is 401 g/mol. The molecule has 1 aromatic heterocycles. The summed E-state index contributed by atoms with van der Waals surface area (Å²) in [6, 6.07) is 13.9. The van der Waals surface area contributed by atoms with Gasteiger partial charge in [-0.25, -0.2) is 13.4 Å². The number of nitrogens with zero attached hydrogens (tertiary/aromatic N) is 1. The van der Waals surface area contributed by atoms with E-state index in [0.29, 0.717) is 16.3 Å². The van der Waals surface area contributed by atoms with Crippen molar-refractivity contribution in [1.29, 1.82) is 0 Å². The fraction of sp³-hybridized carbons (Fsp3) is 0.158. The van der Waals surface area contributed by atoms with Gasteiger partial charge in [-0.1, -0.05) is 47.2 Å². The van der Waals surface area contributed by atoms with Gasteiger partial charge in [-0.05, 0) is 44.5 Å². The Kier molecular flexibility index (Phi) is 5.29. The van der Waals surface area contributed by atoms with Crippen LogP contribution in [0, 0.1) is 20.8 Å². The maximum absolute atomic E-state index is 12.6. The lowest BCUT2D eigenvalue weighted by atomic mass is 10.2. The van der Waals surface area contributed by atoms with Gasteiger partial charge >= 0.3 is 0 Å². The number of benzene rings is 2. The highest BCUT2D eigenvalue weighted by Gasteiger charge is 2.20. The topological polar surface area (TPSA) is 88.2 Å². The largest absolute Gasteiger partial charge is 0.321 e. The molecule has 0 fully saturated rings. The van der Waals surface area contributed by atoms with E-state index >= 15 is 0 Å². The van der Waals surface area contributed by atoms with Crippen LogP contribution in [0.25, 0.3) is 0 Å². The fourth-order valence-electron chi connectivity index (χ4n) is 2.43. The van der Waals surface area contributed by atoms with E-state index < -0.39 is 10.0 Å². The Hall–Kier alpha value is -2.71. The van der Waals surface area contributed by atoms with Crippen LogP contribution >= 0.6 is 11.3 Å². The molecule has 0 spiro atoms. The molecule has 6 nitrogen and oxygen atoms in total. The number of thiazole rings is 1. The fourth-order valence-corrected chi connectivity index (χ4v) is 4.53. The highest BCUT2D eigenvalue weighted by atomic mass is 32.2. The number of para-hydroxylation sites is 1. The van der Waals surface area contributed by atoms with Crippen LogP contribution in [-0.2, 0) is 10.0 Å². The van der Waals surface area contributed by atoms with Crippen LogP contribution in [-0.4, -0.2) is 19.3 Å². The third-order valence-electron chi connectivity index (χ3n) is 3.95. The molecule has 0 bridgehead atoms. The molecule has 3 rings (SSSR count). The summed E-state index contributed by atoms with van der Waals surface area (Å²) in [6.07, 6.45) is 0. The smallest absolute Gasteiger partial charge is 0.267 e. The summed E-state index contributed by atoms with van der Waals surface area (Å²) in [7, 11) is -3.76. The number of anilines is 2. The number of carbonyl (C=O) groups is 1. The molecule has 0 aliphatic heterocycles. The maximum atomic E-state index is 12.6. The standard InChI is InChI=1S/C19H19N3O3S2/c1-12-8-10-15(11-9-12)27(24,25)22-19-20-14(3)17(26-19)18(23)21-16-7-5-4-6-13(16)2/h4-11H,1-3H3,(H,20,22)(H,21,23). The third-order valence-corrected chi connectivity index (χ3v) is 6.50. The average Bonchev–Trinajstić information content (AvgIpc) is 2.97. The van der Waals surface area contributed by atoms with Gasteiger partial charge in [0.15, 0.2) is 5.13 Å². The van der Waals surface area contributed by atoms with Gasteiger partial charge in [-0.2, -0.15) is 0 Å². The maximum Gasteiger partial charge on any atom is 0.267 e. The van der Waals surface area contributed by atoms with E-state index in [-0.39, 0.29) is 15.9 Å². The summed E-state index contributed by atoms with van der Waals surface area (Å²) in [5.74, 6) is -0.319. The molecular formula is C19H19N3O3S2. The van der Waals surface area contributed by atoms with E-state index in [9.17, 15) is 13.2 Å². The zero-order chi connectivity index (χ0) is 19.6. The van der Waals surface area contributed by atoms with Gasteiger partial charge in [0.25, 0.3) is 15.9 Å². The van der Waals surface area contributed by atoms with E-state index in [0.717, 1.165) is 22.5 Å². The van der Waals surface area contributed by atoms with E-state index in [1.54, 1.807) is 19.1 Å². The number of nitrogens with one attached hydrogen (secondary N) is 2. The van der Waals surface area contributed by atoms with Crippen molar-refractivity contribution in [3.8, 4) is 0 Å². The lowest BCUT2D eigenvalue weighted by Crippen LogP contribution is -2.12. The van der Waals surface area contributed by atoms with Gasteiger partial charge in [0.2, 0.25) is 0 Å². The second-order valence-corrected chi connectivity index (χ2v) is 8.80. The molecule has 2 aromatic carbocycles. The highest BCUT2D eigenvalue weighted by molar-refractivity contribution is 7.93. The van der Waals surface area contributed by atoms with Crippen molar-refractivity contribution in [3.63, 3.8) is 0 Å². The molecule has 0 aliphatic rings. The van der Waals surface area contributed by atoms with Crippen molar-refractivity contribution in [2.75, 3.05) is 10.0 Å². The molecule has 1 amide bonds. The number of aromatic nitrogens is 1. The minimum absolute atomic E-state index is 0.145. The zero-order valence-corrected chi connectivity index (χ0v) is 16.7. The van der Waals surface area contributed by atoms with Crippen LogP contribution in [0.1, 0.15) is 26.5 Å². The first kappa shape index (κ1) is 19.1. The molecule has 0 aliphatic carbocycles. The normalized spacial score (nSPS) is 11.2. The Bertz CT molecular complexity index is 1090. The average molecular weight is 402 g/mol. The van der Waals surface area contributed by atoms with E-state index in [1.807, 2.05) is 38.1 Å². The number of sulfonamides is 1. The molecule has 3 aromatic rings. The minimum atomic E-state index is -3.76. The molecule has 2 N–H and O–H groups in total. The second-order valence-electron chi connectivity index (χ2n) is 6.12. The number of carbonyl (C=O) groups excluding carboxylic acids is 1. The van der Waals surface area contributed by atoms with Crippen LogP contribution in [0.5, 0.6) is 0 Å². The number of aryl methyl sites for hydroxylation is 3. The third kappa shape index (κ3) is 4.35. The predicted molar refractivity (Wildman–Crippen MR) is 108 cm³/mol. The Balaban J connectivity index is 1.81. The van der Waals surface area contributed by atoms with Crippen LogP contribution in [0.15, 0.2) is 53.4 Å². The molecule has 8 heteroatoms. The van der Waals surface area contributed by atoms with Crippen molar-refractivity contribution in [3.05, 3.63) is 70.2 Å². The highest BCUT2D eigenvalue weighted by Crippen LogP contribution is 2.26. The number of rotatable bonds is 5. The Morgan fingerprint density at radius 1 is 1.00 bits per heavy atom. The summed E-state index contributed by atoms with van der Waals surface area (Å²) in [6.45, 7) is 5.45. The van der Waals surface area contributed by atoms with E-state index in [2.05, 4.69) is 15.0 Å². The quantitative estimate of drug-likeness (QED) is 0.673. The lowest BCUT2D eigenvalue weighted by Gasteiger charge is -2.07. The summed E-state index contributed by atoms with van der Waals surface area (Å²) in [5, 5.41) is 2.99. The van der Waals surface area contributed by atoms with Gasteiger partial charge in [0, 0.05) is 5.69 Å². The predicted octanol–water partition coefficient (Wildman–Crippen LogP) is 4.12. The SMILES string of the molecule is Cc1ccc(S(=O)(=O)Nc2nc(C)c(C(=O)Nc3ccccc3C)s2)cc1.